The summed E-state index contributed by atoms with van der Waals surface area (Å²) in [6.07, 6.45) is 5.07. The number of hydrogen-bond acceptors (Lipinski definition) is 2. The fourth-order valence-electron chi connectivity index (χ4n) is 2.41. The summed E-state index contributed by atoms with van der Waals surface area (Å²) in [5.41, 5.74) is 0. The van der Waals surface area contributed by atoms with Gasteiger partial charge >= 0.3 is 0 Å². The summed E-state index contributed by atoms with van der Waals surface area (Å²) in [5, 5.41) is 4.52. The highest BCUT2D eigenvalue weighted by molar-refractivity contribution is 7.99. The van der Waals surface area contributed by atoms with Crippen molar-refractivity contribution in [3.63, 3.8) is 0 Å². The summed E-state index contributed by atoms with van der Waals surface area (Å²) >= 11 is 7.95. The molecule has 0 saturated carbocycles. The maximum atomic E-state index is 6.04. The van der Waals surface area contributed by atoms with E-state index in [-0.39, 0.29) is 0 Å². The Morgan fingerprint density at radius 1 is 1.25 bits per heavy atom. The first-order valence-electron chi connectivity index (χ1n) is 7.77. The predicted octanol–water partition coefficient (Wildman–Crippen LogP) is 5.63. The zero-order valence-electron chi connectivity index (χ0n) is 13.0. The van der Waals surface area contributed by atoms with Gasteiger partial charge in [-0.15, -0.1) is 11.8 Å². The minimum absolute atomic E-state index is 0.598. The summed E-state index contributed by atoms with van der Waals surface area (Å²) in [6, 6.07) is 8.75. The topological polar surface area (TPSA) is 12.0 Å². The molecule has 0 amide bonds. The Kier molecular flexibility index (Phi) is 9.41. The third-order valence-corrected chi connectivity index (χ3v) is 4.79. The molecule has 0 aliphatic rings. The van der Waals surface area contributed by atoms with Crippen LogP contribution in [0, 0.1) is 5.92 Å². The molecule has 1 aromatic rings. The van der Waals surface area contributed by atoms with Crippen LogP contribution in [0.5, 0.6) is 0 Å². The van der Waals surface area contributed by atoms with Crippen LogP contribution in [0.25, 0.3) is 0 Å². The largest absolute Gasteiger partial charge is 0.313 e. The van der Waals surface area contributed by atoms with Crippen molar-refractivity contribution in [3.8, 4) is 0 Å². The predicted molar refractivity (Wildman–Crippen MR) is 92.9 cm³/mol. The molecule has 0 heterocycles. The highest BCUT2D eigenvalue weighted by Gasteiger charge is 2.12. The van der Waals surface area contributed by atoms with E-state index in [1.165, 1.54) is 30.6 Å². The van der Waals surface area contributed by atoms with Crippen LogP contribution in [0.1, 0.15) is 46.5 Å². The number of halogens is 1. The van der Waals surface area contributed by atoms with Gasteiger partial charge in [0.15, 0.2) is 0 Å². The molecule has 3 heteroatoms. The van der Waals surface area contributed by atoms with E-state index in [1.807, 2.05) is 23.9 Å². The number of rotatable bonds is 10. The number of hydrogen-bond donors (Lipinski definition) is 1. The zero-order chi connectivity index (χ0) is 14.8. The van der Waals surface area contributed by atoms with Crippen molar-refractivity contribution in [1.29, 1.82) is 0 Å². The third-order valence-electron chi connectivity index (χ3n) is 3.40. The van der Waals surface area contributed by atoms with Crippen molar-refractivity contribution in [2.45, 2.75) is 57.4 Å². The van der Waals surface area contributed by atoms with Crippen molar-refractivity contribution in [1.82, 2.24) is 5.32 Å². The van der Waals surface area contributed by atoms with Crippen LogP contribution in [0.3, 0.4) is 0 Å². The first-order valence-corrected chi connectivity index (χ1v) is 9.13. The SMILES string of the molecule is CCCNC(CSc1cccc(Cl)c1)CC(C)CCC. The molecule has 1 N–H and O–H groups in total. The van der Waals surface area contributed by atoms with Crippen LogP contribution in [-0.4, -0.2) is 18.3 Å². The maximum absolute atomic E-state index is 6.04. The van der Waals surface area contributed by atoms with E-state index in [9.17, 15) is 0 Å². The van der Waals surface area contributed by atoms with Gasteiger partial charge in [0.1, 0.15) is 0 Å². The molecule has 0 saturated heterocycles. The second-order valence-corrected chi connectivity index (χ2v) is 7.08. The van der Waals surface area contributed by atoms with Crippen LogP contribution in [0.4, 0.5) is 0 Å². The van der Waals surface area contributed by atoms with Crippen molar-refractivity contribution in [2.75, 3.05) is 12.3 Å². The first kappa shape index (κ1) is 17.9. The molecule has 2 atom stereocenters. The third kappa shape index (κ3) is 7.56. The lowest BCUT2D eigenvalue weighted by Gasteiger charge is -2.22. The van der Waals surface area contributed by atoms with Gasteiger partial charge in [-0.25, -0.2) is 0 Å². The van der Waals surface area contributed by atoms with Crippen molar-refractivity contribution < 1.29 is 0 Å². The summed E-state index contributed by atoms with van der Waals surface area (Å²) in [7, 11) is 0. The summed E-state index contributed by atoms with van der Waals surface area (Å²) in [6.45, 7) is 7.98. The Balaban J connectivity index is 2.46. The van der Waals surface area contributed by atoms with Gasteiger partial charge in [-0.2, -0.15) is 0 Å². The van der Waals surface area contributed by atoms with Crippen molar-refractivity contribution >= 4 is 23.4 Å². The lowest BCUT2D eigenvalue weighted by molar-refractivity contribution is 0.404. The highest BCUT2D eigenvalue weighted by atomic mass is 35.5. The van der Waals surface area contributed by atoms with Gasteiger partial charge in [0.25, 0.3) is 0 Å². The molecule has 1 rings (SSSR count). The molecular formula is C17H28ClNS. The van der Waals surface area contributed by atoms with E-state index in [0.717, 1.165) is 23.2 Å². The van der Waals surface area contributed by atoms with E-state index in [4.69, 9.17) is 11.6 Å². The molecule has 0 spiro atoms. The van der Waals surface area contributed by atoms with E-state index < -0.39 is 0 Å². The second kappa shape index (κ2) is 10.5. The van der Waals surface area contributed by atoms with Gasteiger partial charge in [0.05, 0.1) is 0 Å². The van der Waals surface area contributed by atoms with Crippen LogP contribution >= 0.6 is 23.4 Å². The van der Waals surface area contributed by atoms with Gasteiger partial charge in [0, 0.05) is 21.7 Å². The standard InChI is InChI=1S/C17H28ClNS/c1-4-7-14(3)11-16(19-10-5-2)13-20-17-9-6-8-15(18)12-17/h6,8-9,12,14,16,19H,4-5,7,10-11,13H2,1-3H3. The second-order valence-electron chi connectivity index (χ2n) is 5.55. The monoisotopic (exact) mass is 313 g/mol. The Hall–Kier alpha value is -0.180. The normalized spacial score (nSPS) is 14.2. The molecule has 0 radical (unpaired) electrons. The van der Waals surface area contributed by atoms with Crippen LogP contribution in [0.15, 0.2) is 29.2 Å². The van der Waals surface area contributed by atoms with Crippen LogP contribution in [-0.2, 0) is 0 Å². The van der Waals surface area contributed by atoms with Crippen LogP contribution < -0.4 is 5.32 Å². The van der Waals surface area contributed by atoms with E-state index >= 15 is 0 Å². The average Bonchev–Trinajstić information content (AvgIpc) is 2.42. The molecule has 0 fully saturated rings. The average molecular weight is 314 g/mol. The molecule has 1 nitrogen and oxygen atoms in total. The molecule has 114 valence electrons. The van der Waals surface area contributed by atoms with Crippen molar-refractivity contribution in [3.05, 3.63) is 29.3 Å². The highest BCUT2D eigenvalue weighted by Crippen LogP contribution is 2.24. The van der Waals surface area contributed by atoms with Gasteiger partial charge < -0.3 is 5.32 Å². The minimum Gasteiger partial charge on any atom is -0.313 e. The van der Waals surface area contributed by atoms with Crippen molar-refractivity contribution in [2.24, 2.45) is 5.92 Å². The number of thioether (sulfide) groups is 1. The van der Waals surface area contributed by atoms with Crippen LogP contribution in [0.2, 0.25) is 5.02 Å². The van der Waals surface area contributed by atoms with E-state index in [2.05, 4.69) is 38.2 Å². The molecule has 0 aliphatic carbocycles. The molecule has 0 bridgehead atoms. The lowest BCUT2D eigenvalue weighted by Crippen LogP contribution is -2.33. The Labute approximate surface area is 133 Å². The maximum Gasteiger partial charge on any atom is 0.0417 e. The smallest absolute Gasteiger partial charge is 0.0417 e. The lowest BCUT2D eigenvalue weighted by atomic mass is 9.98. The van der Waals surface area contributed by atoms with Gasteiger partial charge in [-0.3, -0.25) is 0 Å². The van der Waals surface area contributed by atoms with Gasteiger partial charge in [-0.1, -0.05) is 51.3 Å². The summed E-state index contributed by atoms with van der Waals surface area (Å²) < 4.78 is 0. The Bertz CT molecular complexity index is 370. The quantitative estimate of drug-likeness (QED) is 0.562. The van der Waals surface area contributed by atoms with Gasteiger partial charge in [0.2, 0.25) is 0 Å². The fraction of sp³-hybridized carbons (Fsp3) is 0.647. The summed E-state index contributed by atoms with van der Waals surface area (Å²) in [4.78, 5) is 1.27. The number of benzene rings is 1. The first-order chi connectivity index (χ1) is 9.65. The van der Waals surface area contributed by atoms with Gasteiger partial charge in [-0.05, 0) is 43.5 Å². The molecule has 2 unspecified atom stereocenters. The molecule has 0 aromatic heterocycles. The molecule has 1 aromatic carbocycles. The molecule has 0 aliphatic heterocycles. The fourth-order valence-corrected chi connectivity index (χ4v) is 3.70. The minimum atomic E-state index is 0.598. The zero-order valence-corrected chi connectivity index (χ0v) is 14.6. The van der Waals surface area contributed by atoms with E-state index in [0.29, 0.717) is 6.04 Å². The number of nitrogens with one attached hydrogen (secondary N) is 1. The molecular weight excluding hydrogens is 286 g/mol. The van der Waals surface area contributed by atoms with E-state index in [1.54, 1.807) is 0 Å². The Morgan fingerprint density at radius 3 is 2.70 bits per heavy atom. The molecule has 20 heavy (non-hydrogen) atoms. The Morgan fingerprint density at radius 2 is 2.05 bits per heavy atom. The summed E-state index contributed by atoms with van der Waals surface area (Å²) in [5.74, 6) is 1.92.